The molecular weight excluding hydrogens is 268 g/mol. The molecule has 1 fully saturated rings. The predicted octanol–water partition coefficient (Wildman–Crippen LogP) is 1.87. The SMILES string of the molecule is CCN(CC(C)C(=O)O)C(=O)C1(c2ccc(N)cc2)CC1. The number of nitrogen functional groups attached to an aromatic ring is 1. The van der Waals surface area contributed by atoms with Crippen molar-refractivity contribution in [2.75, 3.05) is 18.8 Å². The van der Waals surface area contributed by atoms with Crippen molar-refractivity contribution in [1.29, 1.82) is 0 Å². The zero-order valence-corrected chi connectivity index (χ0v) is 12.5. The zero-order chi connectivity index (χ0) is 15.6. The lowest BCUT2D eigenvalue weighted by Crippen LogP contribution is -2.42. The van der Waals surface area contributed by atoms with E-state index >= 15 is 0 Å². The highest BCUT2D eigenvalue weighted by atomic mass is 16.4. The van der Waals surface area contributed by atoms with E-state index in [1.54, 1.807) is 24.0 Å². The first kappa shape index (κ1) is 15.4. The minimum absolute atomic E-state index is 0.0304. The van der Waals surface area contributed by atoms with Crippen molar-refractivity contribution in [3.8, 4) is 0 Å². The lowest BCUT2D eigenvalue weighted by molar-refractivity contribution is -0.143. The second-order valence-corrected chi connectivity index (χ2v) is 5.79. The number of hydrogen-bond donors (Lipinski definition) is 2. The molecule has 0 saturated heterocycles. The van der Waals surface area contributed by atoms with Gasteiger partial charge in [-0.1, -0.05) is 19.1 Å². The van der Waals surface area contributed by atoms with E-state index in [2.05, 4.69) is 0 Å². The van der Waals surface area contributed by atoms with Crippen molar-refractivity contribution in [2.24, 2.45) is 5.92 Å². The van der Waals surface area contributed by atoms with Crippen LogP contribution in [-0.4, -0.2) is 35.0 Å². The Hall–Kier alpha value is -2.04. The van der Waals surface area contributed by atoms with Gasteiger partial charge in [-0.15, -0.1) is 0 Å². The summed E-state index contributed by atoms with van der Waals surface area (Å²) in [6, 6.07) is 7.40. The van der Waals surface area contributed by atoms with Gasteiger partial charge < -0.3 is 15.7 Å². The molecule has 0 bridgehead atoms. The highest BCUT2D eigenvalue weighted by Gasteiger charge is 2.52. The maximum Gasteiger partial charge on any atom is 0.308 e. The second-order valence-electron chi connectivity index (χ2n) is 5.79. The summed E-state index contributed by atoms with van der Waals surface area (Å²) in [5, 5.41) is 9.02. The van der Waals surface area contributed by atoms with E-state index in [0.717, 1.165) is 18.4 Å². The molecule has 1 atom stereocenters. The van der Waals surface area contributed by atoms with Crippen LogP contribution in [0, 0.1) is 5.92 Å². The molecule has 5 nitrogen and oxygen atoms in total. The normalized spacial score (nSPS) is 17.0. The number of carbonyl (C=O) groups is 2. The summed E-state index contributed by atoms with van der Waals surface area (Å²) in [6.45, 7) is 4.28. The molecule has 1 aromatic rings. The van der Waals surface area contributed by atoms with Gasteiger partial charge in [-0.05, 0) is 37.5 Å². The third-order valence-corrected chi connectivity index (χ3v) is 4.21. The van der Waals surface area contributed by atoms with Gasteiger partial charge in [0.05, 0.1) is 11.3 Å². The minimum Gasteiger partial charge on any atom is -0.481 e. The Kier molecular flexibility index (Phi) is 4.21. The lowest BCUT2D eigenvalue weighted by Gasteiger charge is -2.28. The average Bonchev–Trinajstić information content (AvgIpc) is 3.26. The van der Waals surface area contributed by atoms with Crippen molar-refractivity contribution in [2.45, 2.75) is 32.1 Å². The topological polar surface area (TPSA) is 83.6 Å². The Morgan fingerprint density at radius 1 is 1.33 bits per heavy atom. The highest BCUT2D eigenvalue weighted by Crippen LogP contribution is 2.49. The minimum atomic E-state index is -0.876. The monoisotopic (exact) mass is 290 g/mol. The Balaban J connectivity index is 2.17. The van der Waals surface area contributed by atoms with Crippen LogP contribution in [0.4, 0.5) is 5.69 Å². The van der Waals surface area contributed by atoms with Crippen LogP contribution < -0.4 is 5.73 Å². The number of benzene rings is 1. The highest BCUT2D eigenvalue weighted by molar-refractivity contribution is 5.91. The molecule has 114 valence electrons. The summed E-state index contributed by atoms with van der Waals surface area (Å²) in [6.07, 6.45) is 1.63. The van der Waals surface area contributed by atoms with Crippen molar-refractivity contribution < 1.29 is 14.7 Å². The number of anilines is 1. The lowest BCUT2D eigenvalue weighted by atomic mass is 9.93. The van der Waals surface area contributed by atoms with Crippen molar-refractivity contribution >= 4 is 17.6 Å². The molecule has 1 unspecified atom stereocenters. The number of amides is 1. The number of nitrogens with two attached hydrogens (primary N) is 1. The van der Waals surface area contributed by atoms with Crippen LogP contribution in [0.2, 0.25) is 0 Å². The first-order valence-corrected chi connectivity index (χ1v) is 7.29. The van der Waals surface area contributed by atoms with Crippen LogP contribution in [0.5, 0.6) is 0 Å². The average molecular weight is 290 g/mol. The van der Waals surface area contributed by atoms with Gasteiger partial charge in [-0.2, -0.15) is 0 Å². The maximum atomic E-state index is 12.8. The molecule has 0 heterocycles. The summed E-state index contributed by atoms with van der Waals surface area (Å²) in [5.41, 5.74) is 6.87. The largest absolute Gasteiger partial charge is 0.481 e. The van der Waals surface area contributed by atoms with Gasteiger partial charge >= 0.3 is 5.97 Å². The van der Waals surface area contributed by atoms with E-state index in [1.165, 1.54) is 0 Å². The van der Waals surface area contributed by atoms with Gasteiger partial charge in [-0.3, -0.25) is 9.59 Å². The van der Waals surface area contributed by atoms with Gasteiger partial charge in [0.1, 0.15) is 0 Å². The Labute approximate surface area is 124 Å². The number of carboxylic acids is 1. The number of hydrogen-bond acceptors (Lipinski definition) is 3. The van der Waals surface area contributed by atoms with E-state index in [-0.39, 0.29) is 12.5 Å². The molecule has 1 amide bonds. The molecule has 0 aliphatic heterocycles. The number of likely N-dealkylation sites (N-methyl/N-ethyl adjacent to an activating group) is 1. The van der Waals surface area contributed by atoms with Crippen LogP contribution in [0.3, 0.4) is 0 Å². The number of carbonyl (C=O) groups excluding carboxylic acids is 1. The summed E-state index contributed by atoms with van der Waals surface area (Å²) >= 11 is 0. The zero-order valence-electron chi connectivity index (χ0n) is 12.5. The molecule has 5 heteroatoms. The Morgan fingerprint density at radius 3 is 2.33 bits per heavy atom. The summed E-state index contributed by atoms with van der Waals surface area (Å²) in [5.74, 6) is -1.41. The van der Waals surface area contributed by atoms with Crippen molar-refractivity contribution in [3.05, 3.63) is 29.8 Å². The first-order chi connectivity index (χ1) is 9.90. The number of rotatable bonds is 6. The molecule has 21 heavy (non-hydrogen) atoms. The number of nitrogens with zero attached hydrogens (tertiary/aromatic N) is 1. The molecule has 2 rings (SSSR count). The van der Waals surface area contributed by atoms with Crippen LogP contribution in [-0.2, 0) is 15.0 Å². The van der Waals surface area contributed by atoms with Gasteiger partial charge in [-0.25, -0.2) is 0 Å². The molecule has 0 radical (unpaired) electrons. The standard InChI is InChI=1S/C16H22N2O3/c1-3-18(10-11(2)14(19)20)15(21)16(8-9-16)12-4-6-13(17)7-5-12/h4-7,11H,3,8-10,17H2,1-2H3,(H,19,20). The Bertz CT molecular complexity index is 535. The molecule has 1 aliphatic carbocycles. The maximum absolute atomic E-state index is 12.8. The van der Waals surface area contributed by atoms with E-state index in [1.807, 2.05) is 19.1 Å². The third kappa shape index (κ3) is 3.01. The van der Waals surface area contributed by atoms with Crippen LogP contribution in [0.25, 0.3) is 0 Å². The van der Waals surface area contributed by atoms with Gasteiger partial charge in [0, 0.05) is 18.8 Å². The van der Waals surface area contributed by atoms with Crippen LogP contribution in [0.15, 0.2) is 24.3 Å². The van der Waals surface area contributed by atoms with E-state index in [9.17, 15) is 9.59 Å². The van der Waals surface area contributed by atoms with Crippen LogP contribution in [0.1, 0.15) is 32.3 Å². The molecule has 3 N–H and O–H groups in total. The van der Waals surface area contributed by atoms with Gasteiger partial charge in [0.25, 0.3) is 0 Å². The quantitative estimate of drug-likeness (QED) is 0.783. The van der Waals surface area contributed by atoms with Gasteiger partial charge in [0.15, 0.2) is 0 Å². The fraction of sp³-hybridized carbons (Fsp3) is 0.500. The first-order valence-electron chi connectivity index (χ1n) is 7.29. The fourth-order valence-electron chi connectivity index (χ4n) is 2.62. The smallest absolute Gasteiger partial charge is 0.308 e. The van der Waals surface area contributed by atoms with E-state index in [0.29, 0.717) is 12.2 Å². The predicted molar refractivity (Wildman–Crippen MR) is 80.8 cm³/mol. The second kappa shape index (κ2) is 5.76. The summed E-state index contributed by atoms with van der Waals surface area (Å²) < 4.78 is 0. The fourth-order valence-corrected chi connectivity index (χ4v) is 2.62. The van der Waals surface area contributed by atoms with Crippen molar-refractivity contribution in [3.63, 3.8) is 0 Å². The molecule has 0 aromatic heterocycles. The summed E-state index contributed by atoms with van der Waals surface area (Å²) in [7, 11) is 0. The van der Waals surface area contributed by atoms with E-state index < -0.39 is 17.3 Å². The van der Waals surface area contributed by atoms with Crippen LogP contribution >= 0.6 is 0 Å². The molecule has 1 aromatic carbocycles. The number of aliphatic carboxylic acids is 1. The Morgan fingerprint density at radius 2 is 1.90 bits per heavy atom. The van der Waals surface area contributed by atoms with E-state index in [4.69, 9.17) is 10.8 Å². The molecule has 1 aliphatic rings. The molecule has 0 spiro atoms. The third-order valence-electron chi connectivity index (χ3n) is 4.21. The van der Waals surface area contributed by atoms with Crippen molar-refractivity contribution in [1.82, 2.24) is 4.90 Å². The molecular formula is C16H22N2O3. The molecule has 1 saturated carbocycles. The summed E-state index contributed by atoms with van der Waals surface area (Å²) in [4.78, 5) is 25.5. The number of carboxylic acid groups (broad SMARTS) is 1. The van der Waals surface area contributed by atoms with Gasteiger partial charge in [0.2, 0.25) is 5.91 Å².